The van der Waals surface area contributed by atoms with Gasteiger partial charge in [0.25, 0.3) is 0 Å². The second kappa shape index (κ2) is 7.46. The molecule has 0 fully saturated rings. The first kappa shape index (κ1) is 17.1. The molecule has 7 heteroatoms. The zero-order valence-corrected chi connectivity index (χ0v) is 15.4. The molecule has 0 aromatic carbocycles. The zero-order valence-electron chi connectivity index (χ0n) is 13.8. The minimum atomic E-state index is -0.342. The lowest BCUT2D eigenvalue weighted by Gasteiger charge is -2.22. The summed E-state index contributed by atoms with van der Waals surface area (Å²) >= 11 is 3.04. The fourth-order valence-corrected chi connectivity index (χ4v) is 4.82. The van der Waals surface area contributed by atoms with Gasteiger partial charge in [-0.1, -0.05) is 6.07 Å². The Kier molecular flexibility index (Phi) is 5.33. The number of carbonyl (C=O) groups is 2. The second-order valence-electron chi connectivity index (χ2n) is 5.72. The molecule has 0 aliphatic carbocycles. The van der Waals surface area contributed by atoms with E-state index in [0.717, 1.165) is 34.8 Å². The van der Waals surface area contributed by atoms with E-state index in [1.165, 1.54) is 11.3 Å². The monoisotopic (exact) mass is 364 g/mol. The highest BCUT2D eigenvalue weighted by Gasteiger charge is 2.28. The molecular formula is C17H20N2O3S2. The predicted molar refractivity (Wildman–Crippen MR) is 97.0 cm³/mol. The lowest BCUT2D eigenvalue weighted by Crippen LogP contribution is -2.26. The van der Waals surface area contributed by atoms with Crippen molar-refractivity contribution in [3.63, 3.8) is 0 Å². The Bertz CT molecular complexity index is 737. The van der Waals surface area contributed by atoms with Crippen LogP contribution in [0, 0.1) is 0 Å². The van der Waals surface area contributed by atoms with E-state index >= 15 is 0 Å². The summed E-state index contributed by atoms with van der Waals surface area (Å²) in [6.45, 7) is 3.82. The van der Waals surface area contributed by atoms with E-state index in [4.69, 9.17) is 4.74 Å². The minimum Gasteiger partial charge on any atom is -0.462 e. The number of nitrogens with zero attached hydrogens (tertiary/aromatic N) is 1. The van der Waals surface area contributed by atoms with Crippen LogP contribution in [0.2, 0.25) is 0 Å². The molecule has 1 aliphatic heterocycles. The normalized spacial score (nSPS) is 14.2. The number of carbonyl (C=O) groups excluding carboxylic acids is 2. The van der Waals surface area contributed by atoms with Gasteiger partial charge < -0.3 is 15.0 Å². The molecular weight excluding hydrogens is 344 g/mol. The number of ether oxygens (including phenoxy) is 1. The number of fused-ring (bicyclic) bond motifs is 1. The molecule has 5 nitrogen and oxygen atoms in total. The van der Waals surface area contributed by atoms with Crippen molar-refractivity contribution in [3.05, 3.63) is 38.4 Å². The van der Waals surface area contributed by atoms with Crippen molar-refractivity contribution in [2.24, 2.45) is 0 Å². The first-order valence-corrected chi connectivity index (χ1v) is 9.60. The molecule has 0 radical (unpaired) electrons. The molecule has 1 amide bonds. The first-order chi connectivity index (χ1) is 11.6. The molecule has 2 aromatic heterocycles. The molecule has 128 valence electrons. The maximum Gasteiger partial charge on any atom is 0.341 e. The average Bonchev–Trinajstić information content (AvgIpc) is 3.14. The fourth-order valence-electron chi connectivity index (χ4n) is 2.78. The highest BCUT2D eigenvalue weighted by molar-refractivity contribution is 7.17. The second-order valence-corrected chi connectivity index (χ2v) is 7.86. The van der Waals surface area contributed by atoms with Crippen LogP contribution < -0.4 is 5.32 Å². The summed E-state index contributed by atoms with van der Waals surface area (Å²) in [6.07, 6.45) is 1.12. The van der Waals surface area contributed by atoms with E-state index in [9.17, 15) is 9.59 Å². The zero-order chi connectivity index (χ0) is 17.1. The fraction of sp³-hybridized carbons (Fsp3) is 0.412. The topological polar surface area (TPSA) is 58.6 Å². The Morgan fingerprint density at radius 3 is 2.96 bits per heavy atom. The van der Waals surface area contributed by atoms with Crippen molar-refractivity contribution in [2.45, 2.75) is 26.3 Å². The van der Waals surface area contributed by atoms with Crippen LogP contribution in [0.25, 0.3) is 0 Å². The number of hydrogen-bond acceptors (Lipinski definition) is 6. The van der Waals surface area contributed by atoms with Crippen LogP contribution in [0.1, 0.15) is 32.6 Å². The van der Waals surface area contributed by atoms with Crippen molar-refractivity contribution in [2.75, 3.05) is 25.5 Å². The lowest BCUT2D eigenvalue weighted by atomic mass is 10.0. The molecule has 0 saturated heterocycles. The Morgan fingerprint density at radius 1 is 1.42 bits per heavy atom. The molecule has 1 N–H and O–H groups in total. The van der Waals surface area contributed by atoms with E-state index in [2.05, 4.69) is 17.3 Å². The van der Waals surface area contributed by atoms with Crippen LogP contribution in [0.5, 0.6) is 0 Å². The van der Waals surface area contributed by atoms with Gasteiger partial charge >= 0.3 is 5.97 Å². The Labute approximate surface area is 149 Å². The molecule has 3 rings (SSSR count). The van der Waals surface area contributed by atoms with E-state index < -0.39 is 0 Å². The smallest absolute Gasteiger partial charge is 0.341 e. The van der Waals surface area contributed by atoms with E-state index in [1.54, 1.807) is 18.3 Å². The maximum absolute atomic E-state index is 12.4. The van der Waals surface area contributed by atoms with Crippen molar-refractivity contribution < 1.29 is 14.3 Å². The molecule has 0 unspecified atom stereocenters. The SMILES string of the molecule is CCOC(=O)c1c(NC(=O)Cc2cccs2)sc2c1CCN(C)C2. The summed E-state index contributed by atoms with van der Waals surface area (Å²) in [7, 11) is 2.06. The van der Waals surface area contributed by atoms with E-state index in [-0.39, 0.29) is 11.9 Å². The minimum absolute atomic E-state index is 0.102. The van der Waals surface area contributed by atoms with Crippen LogP contribution in [0.3, 0.4) is 0 Å². The molecule has 0 bridgehead atoms. The van der Waals surface area contributed by atoms with Gasteiger partial charge in [0.15, 0.2) is 0 Å². The third kappa shape index (κ3) is 3.68. The molecule has 0 spiro atoms. The van der Waals surface area contributed by atoms with Crippen molar-refractivity contribution in [1.29, 1.82) is 0 Å². The summed E-state index contributed by atoms with van der Waals surface area (Å²) in [5, 5.41) is 5.50. The van der Waals surface area contributed by atoms with Gasteiger partial charge in [-0.25, -0.2) is 4.79 Å². The molecule has 0 saturated carbocycles. The van der Waals surface area contributed by atoms with Gasteiger partial charge in [0.1, 0.15) is 5.00 Å². The van der Waals surface area contributed by atoms with E-state index in [0.29, 0.717) is 23.6 Å². The number of esters is 1. The molecule has 0 atom stereocenters. The maximum atomic E-state index is 12.4. The standard InChI is InChI=1S/C17H20N2O3S2/c1-3-22-17(21)15-12-6-7-19(2)10-13(12)24-16(15)18-14(20)9-11-5-4-8-23-11/h4-5,8H,3,6-7,9-10H2,1-2H3,(H,18,20). The number of amides is 1. The van der Waals surface area contributed by atoms with Crippen LogP contribution >= 0.6 is 22.7 Å². The van der Waals surface area contributed by atoms with Gasteiger partial charge in [0.2, 0.25) is 5.91 Å². The van der Waals surface area contributed by atoms with Gasteiger partial charge in [0, 0.05) is 22.8 Å². The molecule has 3 heterocycles. The molecule has 1 aliphatic rings. The van der Waals surface area contributed by atoms with Gasteiger partial charge in [0.05, 0.1) is 18.6 Å². The number of hydrogen-bond donors (Lipinski definition) is 1. The highest BCUT2D eigenvalue weighted by atomic mass is 32.1. The lowest BCUT2D eigenvalue weighted by molar-refractivity contribution is -0.115. The summed E-state index contributed by atoms with van der Waals surface area (Å²) in [5.74, 6) is -0.444. The molecule has 24 heavy (non-hydrogen) atoms. The summed E-state index contributed by atoms with van der Waals surface area (Å²) in [6, 6.07) is 3.86. The third-order valence-corrected chi connectivity index (χ3v) is 5.90. The van der Waals surface area contributed by atoms with Gasteiger partial charge in [-0.15, -0.1) is 22.7 Å². The number of rotatable bonds is 5. The summed E-state index contributed by atoms with van der Waals surface area (Å²) < 4.78 is 5.21. The summed E-state index contributed by atoms with van der Waals surface area (Å²) in [4.78, 5) is 29.1. The quantitative estimate of drug-likeness (QED) is 0.828. The number of nitrogens with one attached hydrogen (secondary N) is 1. The van der Waals surface area contributed by atoms with Crippen molar-refractivity contribution >= 4 is 39.6 Å². The molecule has 2 aromatic rings. The number of thiophene rings is 2. The average molecular weight is 364 g/mol. The van der Waals surface area contributed by atoms with Crippen LogP contribution in [-0.4, -0.2) is 37.0 Å². The number of likely N-dealkylation sites (N-methyl/N-ethyl adjacent to an activating group) is 1. The summed E-state index contributed by atoms with van der Waals surface area (Å²) in [5.41, 5.74) is 1.58. The van der Waals surface area contributed by atoms with E-state index in [1.807, 2.05) is 17.5 Å². The van der Waals surface area contributed by atoms with Crippen LogP contribution in [0.15, 0.2) is 17.5 Å². The van der Waals surface area contributed by atoms with Crippen molar-refractivity contribution in [1.82, 2.24) is 4.90 Å². The Hall–Kier alpha value is -1.70. The third-order valence-electron chi connectivity index (χ3n) is 3.90. The number of anilines is 1. The van der Waals surface area contributed by atoms with Crippen molar-refractivity contribution in [3.8, 4) is 0 Å². The van der Waals surface area contributed by atoms with Gasteiger partial charge in [-0.05, 0) is 37.4 Å². The van der Waals surface area contributed by atoms with Crippen LogP contribution in [-0.2, 0) is 28.9 Å². The largest absolute Gasteiger partial charge is 0.462 e. The van der Waals surface area contributed by atoms with Crippen LogP contribution in [0.4, 0.5) is 5.00 Å². The highest BCUT2D eigenvalue weighted by Crippen LogP contribution is 2.37. The van der Waals surface area contributed by atoms with Gasteiger partial charge in [-0.3, -0.25) is 4.79 Å². The predicted octanol–water partition coefficient (Wildman–Crippen LogP) is 3.16. The first-order valence-electron chi connectivity index (χ1n) is 7.91. The van der Waals surface area contributed by atoms with Gasteiger partial charge in [-0.2, -0.15) is 0 Å². The Balaban J connectivity index is 1.85. The Morgan fingerprint density at radius 2 is 2.25 bits per heavy atom.